The number of nitrogens with one attached hydrogen (secondary N) is 1. The Bertz CT molecular complexity index is 385. The Hall–Kier alpha value is -0.490. The molecular formula is C12H18BrFN2O. The van der Waals surface area contributed by atoms with Crippen LogP contribution in [0, 0.1) is 5.82 Å². The molecule has 0 aromatic heterocycles. The van der Waals surface area contributed by atoms with Gasteiger partial charge < -0.3 is 4.74 Å². The van der Waals surface area contributed by atoms with Gasteiger partial charge in [0.1, 0.15) is 5.82 Å². The Morgan fingerprint density at radius 3 is 2.71 bits per heavy atom. The third kappa shape index (κ3) is 3.48. The molecule has 0 amide bonds. The van der Waals surface area contributed by atoms with Crippen molar-refractivity contribution >= 4 is 15.9 Å². The fourth-order valence-corrected chi connectivity index (χ4v) is 2.23. The van der Waals surface area contributed by atoms with Gasteiger partial charge in [0, 0.05) is 16.6 Å². The molecule has 5 heteroatoms. The molecule has 0 spiro atoms. The van der Waals surface area contributed by atoms with E-state index in [1.165, 1.54) is 6.07 Å². The first-order valence-electron chi connectivity index (χ1n) is 5.47. The summed E-state index contributed by atoms with van der Waals surface area (Å²) >= 11 is 3.32. The second kappa shape index (κ2) is 5.91. The zero-order valence-electron chi connectivity index (χ0n) is 10.3. The topological polar surface area (TPSA) is 47.3 Å². The highest BCUT2D eigenvalue weighted by atomic mass is 79.9. The van der Waals surface area contributed by atoms with Gasteiger partial charge in [-0.05, 0) is 39.0 Å². The number of benzene rings is 1. The lowest BCUT2D eigenvalue weighted by atomic mass is 9.91. The lowest BCUT2D eigenvalue weighted by molar-refractivity contribution is -0.0400. The van der Waals surface area contributed by atoms with Gasteiger partial charge in [0.15, 0.2) is 0 Å². The van der Waals surface area contributed by atoms with Crippen LogP contribution in [0.1, 0.15) is 32.4 Å². The van der Waals surface area contributed by atoms with Gasteiger partial charge in [-0.3, -0.25) is 5.84 Å². The van der Waals surface area contributed by atoms with E-state index in [2.05, 4.69) is 21.4 Å². The van der Waals surface area contributed by atoms with Crippen molar-refractivity contribution in [2.24, 2.45) is 5.84 Å². The fourth-order valence-electron chi connectivity index (χ4n) is 1.86. The fraction of sp³-hybridized carbons (Fsp3) is 0.500. The Morgan fingerprint density at radius 1 is 1.53 bits per heavy atom. The van der Waals surface area contributed by atoms with Gasteiger partial charge in [-0.15, -0.1) is 0 Å². The number of hydrazine groups is 1. The highest BCUT2D eigenvalue weighted by Gasteiger charge is 2.32. The smallest absolute Gasteiger partial charge is 0.128 e. The minimum atomic E-state index is -0.592. The van der Waals surface area contributed by atoms with E-state index in [1.807, 2.05) is 20.8 Å². The van der Waals surface area contributed by atoms with Crippen LogP contribution in [0.2, 0.25) is 0 Å². The number of hydrogen-bond donors (Lipinski definition) is 2. The van der Waals surface area contributed by atoms with E-state index in [0.29, 0.717) is 12.2 Å². The van der Waals surface area contributed by atoms with Gasteiger partial charge in [-0.2, -0.15) is 0 Å². The number of nitrogens with two attached hydrogens (primary N) is 1. The second-order valence-electron chi connectivity index (χ2n) is 4.30. The summed E-state index contributed by atoms with van der Waals surface area (Å²) in [6.07, 6.45) is 0. The summed E-state index contributed by atoms with van der Waals surface area (Å²) in [6.45, 7) is 6.19. The molecule has 1 rings (SSSR count). The highest BCUT2D eigenvalue weighted by molar-refractivity contribution is 9.10. The SMILES string of the molecule is CCOC(C)(C)C(NN)c1cc(Br)ccc1F. The van der Waals surface area contributed by atoms with E-state index < -0.39 is 11.6 Å². The van der Waals surface area contributed by atoms with Crippen molar-refractivity contribution < 1.29 is 9.13 Å². The van der Waals surface area contributed by atoms with Gasteiger partial charge in [-0.25, -0.2) is 9.82 Å². The Labute approximate surface area is 110 Å². The van der Waals surface area contributed by atoms with Crippen LogP contribution in [0.15, 0.2) is 22.7 Å². The molecule has 0 aliphatic carbocycles. The van der Waals surface area contributed by atoms with E-state index in [4.69, 9.17) is 10.6 Å². The standard InChI is InChI=1S/C12H18BrFN2O/c1-4-17-12(2,3)11(16-15)9-7-8(13)5-6-10(9)14/h5-7,11,16H,4,15H2,1-3H3. The Balaban J connectivity index is 3.13. The highest BCUT2D eigenvalue weighted by Crippen LogP contribution is 2.31. The molecule has 17 heavy (non-hydrogen) atoms. The van der Waals surface area contributed by atoms with Crippen LogP contribution in [0.25, 0.3) is 0 Å². The van der Waals surface area contributed by atoms with Crippen molar-refractivity contribution in [2.75, 3.05) is 6.61 Å². The first-order chi connectivity index (χ1) is 7.92. The summed E-state index contributed by atoms with van der Waals surface area (Å²) in [5, 5.41) is 0. The van der Waals surface area contributed by atoms with Crippen LogP contribution in [-0.2, 0) is 4.74 Å². The molecule has 0 bridgehead atoms. The summed E-state index contributed by atoms with van der Waals surface area (Å²) in [7, 11) is 0. The summed E-state index contributed by atoms with van der Waals surface area (Å²) in [5.41, 5.74) is 2.52. The minimum absolute atomic E-state index is 0.302. The first kappa shape index (κ1) is 14.6. The largest absolute Gasteiger partial charge is 0.374 e. The third-order valence-corrected chi connectivity index (χ3v) is 3.14. The van der Waals surface area contributed by atoms with Gasteiger partial charge in [0.05, 0.1) is 11.6 Å². The van der Waals surface area contributed by atoms with Gasteiger partial charge in [0.25, 0.3) is 0 Å². The molecule has 1 unspecified atom stereocenters. The number of ether oxygens (including phenoxy) is 1. The normalized spacial score (nSPS) is 13.8. The van der Waals surface area contributed by atoms with Gasteiger partial charge in [-0.1, -0.05) is 15.9 Å². The second-order valence-corrected chi connectivity index (χ2v) is 5.22. The molecule has 3 N–H and O–H groups in total. The molecule has 0 aliphatic rings. The monoisotopic (exact) mass is 304 g/mol. The predicted molar refractivity (Wildman–Crippen MR) is 69.9 cm³/mol. The van der Waals surface area contributed by atoms with Crippen molar-refractivity contribution in [1.29, 1.82) is 0 Å². The lowest BCUT2D eigenvalue weighted by Gasteiger charge is -2.34. The summed E-state index contributed by atoms with van der Waals surface area (Å²) < 4.78 is 20.2. The maximum atomic E-state index is 13.8. The summed E-state index contributed by atoms with van der Waals surface area (Å²) in [6, 6.07) is 4.35. The van der Waals surface area contributed by atoms with Crippen molar-refractivity contribution in [3.63, 3.8) is 0 Å². The van der Waals surface area contributed by atoms with Crippen LogP contribution in [-0.4, -0.2) is 12.2 Å². The summed E-state index contributed by atoms with van der Waals surface area (Å²) in [5.74, 6) is 5.23. The molecule has 1 atom stereocenters. The molecule has 96 valence electrons. The molecule has 0 aliphatic heterocycles. The van der Waals surface area contributed by atoms with E-state index in [-0.39, 0.29) is 5.82 Å². The molecule has 0 radical (unpaired) electrons. The number of halogens is 2. The van der Waals surface area contributed by atoms with Crippen LogP contribution < -0.4 is 11.3 Å². The van der Waals surface area contributed by atoms with Crippen LogP contribution >= 0.6 is 15.9 Å². The molecule has 0 saturated carbocycles. The van der Waals surface area contributed by atoms with E-state index in [0.717, 1.165) is 4.47 Å². The quantitative estimate of drug-likeness (QED) is 0.649. The molecule has 0 heterocycles. The van der Waals surface area contributed by atoms with E-state index >= 15 is 0 Å². The lowest BCUT2D eigenvalue weighted by Crippen LogP contribution is -2.45. The first-order valence-corrected chi connectivity index (χ1v) is 6.26. The van der Waals surface area contributed by atoms with Crippen LogP contribution in [0.3, 0.4) is 0 Å². The molecule has 1 aromatic rings. The summed E-state index contributed by atoms with van der Waals surface area (Å²) in [4.78, 5) is 0. The maximum absolute atomic E-state index is 13.8. The zero-order valence-corrected chi connectivity index (χ0v) is 11.8. The molecule has 1 aromatic carbocycles. The van der Waals surface area contributed by atoms with Crippen molar-refractivity contribution in [2.45, 2.75) is 32.4 Å². The molecular weight excluding hydrogens is 287 g/mol. The van der Waals surface area contributed by atoms with Crippen molar-refractivity contribution in [1.82, 2.24) is 5.43 Å². The van der Waals surface area contributed by atoms with E-state index in [9.17, 15) is 4.39 Å². The Kier molecular flexibility index (Phi) is 5.06. The van der Waals surface area contributed by atoms with Crippen LogP contribution in [0.5, 0.6) is 0 Å². The minimum Gasteiger partial charge on any atom is -0.374 e. The molecule has 0 fully saturated rings. The van der Waals surface area contributed by atoms with Crippen molar-refractivity contribution in [3.05, 3.63) is 34.1 Å². The number of rotatable bonds is 5. The van der Waals surface area contributed by atoms with Gasteiger partial charge >= 0.3 is 0 Å². The molecule has 0 saturated heterocycles. The average molecular weight is 305 g/mol. The van der Waals surface area contributed by atoms with Crippen molar-refractivity contribution in [3.8, 4) is 0 Å². The van der Waals surface area contributed by atoms with Crippen LogP contribution in [0.4, 0.5) is 4.39 Å². The average Bonchev–Trinajstić information content (AvgIpc) is 2.23. The molecule has 3 nitrogen and oxygen atoms in total. The maximum Gasteiger partial charge on any atom is 0.128 e. The zero-order chi connectivity index (χ0) is 13.1. The number of hydrogen-bond acceptors (Lipinski definition) is 3. The predicted octanol–water partition coefficient (Wildman–Crippen LogP) is 2.91. The van der Waals surface area contributed by atoms with Gasteiger partial charge in [0.2, 0.25) is 0 Å². The van der Waals surface area contributed by atoms with E-state index in [1.54, 1.807) is 12.1 Å². The third-order valence-electron chi connectivity index (χ3n) is 2.65. The Morgan fingerprint density at radius 2 is 2.18 bits per heavy atom.